The van der Waals surface area contributed by atoms with Gasteiger partial charge in [-0.1, -0.05) is 19.4 Å². The van der Waals surface area contributed by atoms with E-state index in [1.54, 1.807) is 56.3 Å². The Morgan fingerprint density at radius 2 is 1.18 bits per heavy atom. The number of phenols is 1. The van der Waals surface area contributed by atoms with E-state index < -0.39 is 72.5 Å². The van der Waals surface area contributed by atoms with Gasteiger partial charge in [0, 0.05) is 44.9 Å². The van der Waals surface area contributed by atoms with Gasteiger partial charge in [0.15, 0.2) is 5.75 Å². The first-order valence-electron chi connectivity index (χ1n) is 25.9. The summed E-state index contributed by atoms with van der Waals surface area (Å²) in [5.41, 5.74) is 2.93. The Morgan fingerprint density at radius 1 is 0.545 bits per heavy atom. The molecule has 0 atom stereocenters. The summed E-state index contributed by atoms with van der Waals surface area (Å²) in [6.45, 7) is 5.80. The number of carbonyl (C=O) groups excluding carboxylic acids is 1. The van der Waals surface area contributed by atoms with Gasteiger partial charge < -0.3 is 24.6 Å². The molecule has 0 radical (unpaired) electrons. The minimum absolute atomic E-state index is 0.0363. The molecule has 1 aromatic heterocycles. The Labute approximate surface area is 500 Å². The zero-order valence-electron chi connectivity index (χ0n) is 46.5. The lowest BCUT2D eigenvalue weighted by atomic mass is 10.1. The highest BCUT2D eigenvalue weighted by molar-refractivity contribution is 7.87. The largest absolute Gasteiger partial charge is 0.505 e. The second-order valence-corrected chi connectivity index (χ2v) is 25.2. The van der Waals surface area contributed by atoms with Gasteiger partial charge in [0.05, 0.1) is 53.4 Å². The number of aromatic hydroxyl groups is 1. The van der Waals surface area contributed by atoms with Crippen molar-refractivity contribution >= 4 is 130 Å². The summed E-state index contributed by atoms with van der Waals surface area (Å²) in [4.78, 5) is 11.6. The Kier molecular flexibility index (Phi) is 16.6. The first-order chi connectivity index (χ1) is 41.6. The minimum atomic E-state index is -5.11. The quantitative estimate of drug-likeness (QED) is 0.0249. The monoisotopic (exact) mass is 1270 g/mol. The fourth-order valence-corrected chi connectivity index (χ4v) is 11.8. The van der Waals surface area contributed by atoms with Gasteiger partial charge in [-0.05, 0) is 151 Å². The van der Waals surface area contributed by atoms with E-state index in [0.717, 1.165) is 29.8 Å². The fourth-order valence-electron chi connectivity index (χ4n) is 9.22. The fraction of sp³-hybridized carbons (Fsp3) is 0.140. The minimum Gasteiger partial charge on any atom is -0.505 e. The van der Waals surface area contributed by atoms with Crippen LogP contribution in [0, 0.1) is 13.8 Å². The van der Waals surface area contributed by atoms with Gasteiger partial charge in [0.25, 0.3) is 46.4 Å². The van der Waals surface area contributed by atoms with Crippen molar-refractivity contribution in [3.8, 4) is 28.7 Å². The lowest BCUT2D eigenvalue weighted by molar-refractivity contribution is 0.102. The Balaban J connectivity index is 0.848. The van der Waals surface area contributed by atoms with Crippen LogP contribution in [0.5, 0.6) is 23.0 Å². The van der Waals surface area contributed by atoms with Crippen LogP contribution in [0.4, 0.5) is 39.8 Å². The van der Waals surface area contributed by atoms with Gasteiger partial charge in [-0.15, -0.1) is 25.5 Å². The number of rotatable bonds is 19. The van der Waals surface area contributed by atoms with E-state index in [1.807, 2.05) is 6.92 Å². The molecule has 1 heterocycles. The van der Waals surface area contributed by atoms with Crippen molar-refractivity contribution in [3.05, 3.63) is 144 Å². The topological polar surface area (TPSA) is 399 Å². The first kappa shape index (κ1) is 61.4. The zero-order valence-corrected chi connectivity index (χ0v) is 49.8. The second kappa shape index (κ2) is 23.9. The third kappa shape index (κ3) is 12.9. The summed E-state index contributed by atoms with van der Waals surface area (Å²) in [7, 11) is -16.9. The molecule has 0 fully saturated rings. The molecule has 0 aliphatic heterocycles. The molecule has 0 aliphatic rings. The number of ether oxygens (including phenoxy) is 3. The molecule has 31 heteroatoms. The van der Waals surface area contributed by atoms with Crippen molar-refractivity contribution in [1.29, 1.82) is 0 Å². The van der Waals surface area contributed by atoms with Crippen LogP contribution in [0.1, 0.15) is 41.3 Å². The van der Waals surface area contributed by atoms with Gasteiger partial charge in [-0.2, -0.15) is 53.8 Å². The van der Waals surface area contributed by atoms with E-state index in [9.17, 15) is 61.8 Å². The Hall–Kier alpha value is -9.73. The van der Waals surface area contributed by atoms with Crippen LogP contribution >= 0.6 is 0 Å². The highest BCUT2D eigenvalue weighted by atomic mass is 32.2. The smallest absolute Gasteiger partial charge is 0.296 e. The van der Waals surface area contributed by atoms with Crippen LogP contribution in [0.25, 0.3) is 49.0 Å². The highest BCUT2D eigenvalue weighted by Crippen LogP contribution is 2.44. The number of amides is 1. The molecule has 0 aliphatic carbocycles. The lowest BCUT2D eigenvalue weighted by Gasteiger charge is -2.13. The number of unbranched alkanes of at least 4 members (excludes halogenated alkanes) is 1. The number of nitrogens with zero attached hydrogens (tertiary/aromatic N) is 9. The molecule has 0 saturated carbocycles. The van der Waals surface area contributed by atoms with Gasteiger partial charge in [0.1, 0.15) is 55.1 Å². The number of phenolic OH excluding ortho intramolecular Hbond substituents is 1. The average Bonchev–Trinajstić information content (AvgIpc) is 1.53. The maximum absolute atomic E-state index is 13.5. The molecule has 0 saturated heterocycles. The van der Waals surface area contributed by atoms with Gasteiger partial charge in [0.2, 0.25) is 0 Å². The van der Waals surface area contributed by atoms with Crippen molar-refractivity contribution in [3.63, 3.8) is 0 Å². The molecular weight excluding hydrogens is 1220 g/mol. The normalized spacial score (nSPS) is 12.6. The van der Waals surface area contributed by atoms with Crippen LogP contribution < -0.4 is 19.5 Å². The van der Waals surface area contributed by atoms with E-state index in [-0.39, 0.29) is 71.7 Å². The summed E-state index contributed by atoms with van der Waals surface area (Å²) in [6, 6.07) is 29.4. The Morgan fingerprint density at radius 3 is 1.88 bits per heavy atom. The maximum atomic E-state index is 13.5. The number of hydrogen-bond donors (Lipinski definition) is 6. The van der Waals surface area contributed by atoms with Crippen LogP contribution in [-0.2, 0) is 40.5 Å². The van der Waals surface area contributed by atoms with E-state index in [2.05, 4.69) is 46.2 Å². The number of hydrogen-bond acceptors (Lipinski definition) is 21. The predicted molar refractivity (Wildman–Crippen MR) is 322 cm³/mol. The van der Waals surface area contributed by atoms with E-state index in [4.69, 9.17) is 14.2 Å². The molecule has 27 nitrogen and oxygen atoms in total. The molecule has 452 valence electrons. The Bertz CT molecular complexity index is 5140. The molecule has 88 heavy (non-hydrogen) atoms. The van der Waals surface area contributed by atoms with Gasteiger partial charge in [-0.25, -0.2) is 0 Å². The van der Waals surface area contributed by atoms with Gasteiger partial charge in [-0.3, -0.25) is 23.0 Å². The number of methoxy groups -OCH3 is 2. The lowest BCUT2D eigenvalue weighted by Crippen LogP contribution is -2.12. The molecule has 10 aromatic rings. The SMILES string of the molecule is CCCCOc1cc(S(=O)(=O)O)cc2cc(NC(=O)c3ccc(N=Nc4ccc(N=Nc5cc(OC)c(N=Nc6c(S(=O)(=O)O)cc7cc(-n8nc9ccc%10c(S(=O)(=O)O)cc(S(=O)(=O)O)cc%10c9n8)ccc7c6O)cc5C)cc4C)c(OC)c3)ccc12. The molecule has 0 bridgehead atoms. The van der Waals surface area contributed by atoms with E-state index >= 15 is 0 Å². The van der Waals surface area contributed by atoms with Crippen molar-refractivity contribution in [2.45, 2.75) is 53.2 Å². The number of aryl methyl sites for hydroxylation is 2. The van der Waals surface area contributed by atoms with Crippen molar-refractivity contribution in [2.24, 2.45) is 30.7 Å². The molecule has 6 N–H and O–H groups in total. The van der Waals surface area contributed by atoms with Crippen LogP contribution in [-0.4, -0.2) is 98.7 Å². The standard InChI is InChI=1S/C57H48N10O17S4/c1-6-7-18-84-49-27-38(85(70,71)72)23-33-21-35(9-12-40(33)49)58-57(69)32-8-15-45(50(24-32)82-4)61-60-44-16-10-36(19-30(44)2)59-62-47-29-51(83-5)48(20-31(47)3)63-64-55-53(88(79,80)81)25-34-22-37(11-13-41(34)56(55)68)67-65-46-17-14-42-43(54(46)66-67)26-39(86(73,74)75)28-52(42)87(76,77)78/h8-17,19-29,68H,6-7,18H2,1-5H3,(H,58,69)(H,70,71,72)(H,73,74,75)(H,76,77,78)(H,79,80,81). The number of fused-ring (bicyclic) bond motifs is 5. The number of benzene rings is 9. The van der Waals surface area contributed by atoms with Crippen molar-refractivity contribution < 1.29 is 76.0 Å². The van der Waals surface area contributed by atoms with Gasteiger partial charge >= 0.3 is 0 Å². The summed E-state index contributed by atoms with van der Waals surface area (Å²) in [5.74, 6) is -0.583. The molecular formula is C57H48N10O17S4. The van der Waals surface area contributed by atoms with Crippen molar-refractivity contribution in [2.75, 3.05) is 26.1 Å². The number of aromatic nitrogens is 3. The summed E-state index contributed by atoms with van der Waals surface area (Å²) < 4.78 is 155. The number of azo groups is 3. The van der Waals surface area contributed by atoms with Crippen LogP contribution in [0.2, 0.25) is 0 Å². The first-order valence-corrected chi connectivity index (χ1v) is 31.7. The van der Waals surface area contributed by atoms with Crippen molar-refractivity contribution in [1.82, 2.24) is 15.0 Å². The average molecular weight is 1270 g/mol. The molecule has 10 rings (SSSR count). The number of carbonyl (C=O) groups is 1. The zero-order chi connectivity index (χ0) is 63.2. The summed E-state index contributed by atoms with van der Waals surface area (Å²) in [5, 5.41) is 49.7. The van der Waals surface area contributed by atoms with Crippen LogP contribution in [0.3, 0.4) is 0 Å². The molecule has 9 aromatic carbocycles. The second-order valence-electron chi connectivity index (χ2n) is 19.6. The maximum Gasteiger partial charge on any atom is 0.296 e. The summed E-state index contributed by atoms with van der Waals surface area (Å²) in [6.07, 6.45) is 1.59. The van der Waals surface area contributed by atoms with Crippen LogP contribution in [0.15, 0.2) is 178 Å². The van der Waals surface area contributed by atoms with E-state index in [0.29, 0.717) is 63.0 Å². The molecule has 1 amide bonds. The molecule has 0 unspecified atom stereocenters. The number of anilines is 1. The highest BCUT2D eigenvalue weighted by Gasteiger charge is 2.26. The third-order valence-corrected chi connectivity index (χ3v) is 17.1. The van der Waals surface area contributed by atoms with E-state index in [1.165, 1.54) is 80.9 Å². The summed E-state index contributed by atoms with van der Waals surface area (Å²) >= 11 is 0. The third-order valence-electron chi connectivity index (χ3n) is 13.7. The number of nitrogens with one attached hydrogen (secondary N) is 1. The predicted octanol–water partition coefficient (Wildman–Crippen LogP) is 12.9. The molecule has 0 spiro atoms.